The Kier molecular flexibility index (Phi) is 8.57. The van der Waals surface area contributed by atoms with Gasteiger partial charge in [0.2, 0.25) is 5.75 Å². The lowest BCUT2D eigenvalue weighted by Gasteiger charge is -2.20. The summed E-state index contributed by atoms with van der Waals surface area (Å²) < 4.78 is 22.1. The van der Waals surface area contributed by atoms with E-state index in [1.165, 1.54) is 33.9 Å². The Morgan fingerprint density at radius 2 is 1.69 bits per heavy atom. The number of hydrogen-bond acceptors (Lipinski definition) is 9. The summed E-state index contributed by atoms with van der Waals surface area (Å²) in [5.74, 6) is 0.936. The first-order valence-electron chi connectivity index (χ1n) is 10.7. The molecule has 0 bridgehead atoms. The second-order valence-corrected chi connectivity index (χ2v) is 7.47. The fourth-order valence-corrected chi connectivity index (χ4v) is 3.88. The molecule has 2 amide bonds. The number of carbonyl (C=O) groups excluding carboxylic acids is 1. The zero-order valence-electron chi connectivity index (χ0n) is 20.2. The van der Waals surface area contributed by atoms with Gasteiger partial charge in [0.05, 0.1) is 39.8 Å². The lowest BCUT2D eigenvalue weighted by Crippen LogP contribution is -2.23. The number of hydrogen-bond donors (Lipinski definition) is 4. The number of oxime groups is 1. The van der Waals surface area contributed by atoms with Crippen molar-refractivity contribution in [2.75, 3.05) is 40.4 Å². The summed E-state index contributed by atoms with van der Waals surface area (Å²) in [6.07, 6.45) is 1.41. The molecule has 0 saturated carbocycles. The normalized spacial score (nSPS) is 13.6. The molecular weight excluding hydrogens is 474 g/mol. The lowest BCUT2D eigenvalue weighted by molar-refractivity contribution is -0.133. The van der Waals surface area contributed by atoms with E-state index in [2.05, 4.69) is 10.5 Å². The van der Waals surface area contributed by atoms with E-state index in [4.69, 9.17) is 29.0 Å². The number of allylic oxidation sites excluding steroid dienone is 1. The summed E-state index contributed by atoms with van der Waals surface area (Å²) in [7, 11) is 5.99. The van der Waals surface area contributed by atoms with E-state index in [0.717, 1.165) is 11.1 Å². The molecule has 3 rings (SSSR count). The monoisotopic (exact) mass is 501 g/mol. The van der Waals surface area contributed by atoms with E-state index in [9.17, 15) is 14.7 Å². The number of rotatable bonds is 9. The first-order valence-corrected chi connectivity index (χ1v) is 10.7. The molecule has 2 aromatic carbocycles. The molecule has 2 aromatic rings. The van der Waals surface area contributed by atoms with E-state index < -0.39 is 18.6 Å². The predicted octanol–water partition coefficient (Wildman–Crippen LogP) is 3.07. The number of nitrogens with one attached hydrogen (secondary N) is 2. The Labute approximate surface area is 207 Å². The van der Waals surface area contributed by atoms with Crippen molar-refractivity contribution in [3.05, 3.63) is 47.0 Å². The highest BCUT2D eigenvalue weighted by Crippen LogP contribution is 2.47. The quantitative estimate of drug-likeness (QED) is 0.299. The van der Waals surface area contributed by atoms with Crippen molar-refractivity contribution < 1.29 is 43.7 Å². The van der Waals surface area contributed by atoms with Gasteiger partial charge in [0.15, 0.2) is 18.1 Å². The smallest absolute Gasteiger partial charge is 0.409 e. The van der Waals surface area contributed by atoms with Crippen molar-refractivity contribution in [3.8, 4) is 23.0 Å². The van der Waals surface area contributed by atoms with E-state index in [1.807, 2.05) is 0 Å². The van der Waals surface area contributed by atoms with Gasteiger partial charge in [-0.1, -0.05) is 11.2 Å². The number of ether oxygens (including phenoxy) is 4. The molecule has 1 aliphatic rings. The van der Waals surface area contributed by atoms with Crippen LogP contribution < -0.4 is 29.7 Å². The van der Waals surface area contributed by atoms with Gasteiger partial charge in [-0.3, -0.25) is 15.3 Å². The average Bonchev–Trinajstić information content (AvgIpc) is 3.06. The molecule has 0 aliphatic heterocycles. The molecule has 4 N–H and O–H groups in total. The van der Waals surface area contributed by atoms with Gasteiger partial charge in [-0.15, -0.1) is 0 Å². The molecule has 0 radical (unpaired) electrons. The molecule has 192 valence electrons. The number of nitrogens with zero attached hydrogens (tertiary/aromatic N) is 1. The van der Waals surface area contributed by atoms with Crippen LogP contribution in [0.1, 0.15) is 23.1 Å². The summed E-state index contributed by atoms with van der Waals surface area (Å²) in [6, 6.07) is 6.85. The van der Waals surface area contributed by atoms with Crippen molar-refractivity contribution in [1.82, 2.24) is 5.48 Å². The molecule has 0 fully saturated rings. The van der Waals surface area contributed by atoms with E-state index in [-0.39, 0.29) is 5.69 Å². The minimum atomic E-state index is -1.24. The summed E-state index contributed by atoms with van der Waals surface area (Å²) in [5, 5.41) is 24.4. The highest BCUT2D eigenvalue weighted by atomic mass is 16.6. The third-order valence-corrected chi connectivity index (χ3v) is 5.42. The predicted molar refractivity (Wildman–Crippen MR) is 129 cm³/mol. The van der Waals surface area contributed by atoms with Crippen molar-refractivity contribution in [2.45, 2.75) is 12.8 Å². The first kappa shape index (κ1) is 26.2. The largest absolute Gasteiger partial charge is 0.495 e. The van der Waals surface area contributed by atoms with Gasteiger partial charge in [-0.05, 0) is 53.8 Å². The van der Waals surface area contributed by atoms with Crippen LogP contribution in [0.15, 0.2) is 35.5 Å². The summed E-state index contributed by atoms with van der Waals surface area (Å²) in [6.45, 7) is -0.476. The van der Waals surface area contributed by atoms with Crippen LogP contribution in [0, 0.1) is 0 Å². The first-order chi connectivity index (χ1) is 17.4. The molecule has 0 spiro atoms. The van der Waals surface area contributed by atoms with Crippen LogP contribution >= 0.6 is 0 Å². The highest BCUT2D eigenvalue weighted by molar-refractivity contribution is 6.06. The molecule has 1 aliphatic carbocycles. The van der Waals surface area contributed by atoms with E-state index >= 15 is 0 Å². The molecule has 0 atom stereocenters. The number of hydroxylamine groups is 1. The topological polar surface area (TPSA) is 157 Å². The third-order valence-electron chi connectivity index (χ3n) is 5.42. The summed E-state index contributed by atoms with van der Waals surface area (Å²) in [5.41, 5.74) is 5.07. The van der Waals surface area contributed by atoms with Gasteiger partial charge < -0.3 is 28.9 Å². The second-order valence-electron chi connectivity index (χ2n) is 7.47. The number of benzene rings is 2. The number of anilines is 1. The van der Waals surface area contributed by atoms with Crippen LogP contribution in [0.25, 0.3) is 5.57 Å². The van der Waals surface area contributed by atoms with Gasteiger partial charge >= 0.3 is 6.09 Å². The third kappa shape index (κ3) is 5.61. The molecule has 12 nitrogen and oxygen atoms in total. The molecule has 36 heavy (non-hydrogen) atoms. The van der Waals surface area contributed by atoms with E-state index in [0.29, 0.717) is 52.7 Å². The van der Waals surface area contributed by atoms with Crippen LogP contribution in [0.5, 0.6) is 23.0 Å². The summed E-state index contributed by atoms with van der Waals surface area (Å²) >= 11 is 0. The maximum absolute atomic E-state index is 11.4. The Balaban J connectivity index is 2.23. The minimum Gasteiger partial charge on any atom is -0.495 e. The zero-order valence-corrected chi connectivity index (χ0v) is 20.2. The van der Waals surface area contributed by atoms with Crippen molar-refractivity contribution in [2.24, 2.45) is 5.16 Å². The van der Waals surface area contributed by atoms with Crippen LogP contribution in [0.4, 0.5) is 10.5 Å². The van der Waals surface area contributed by atoms with Crippen molar-refractivity contribution in [1.29, 1.82) is 0 Å². The van der Waals surface area contributed by atoms with Gasteiger partial charge in [0, 0.05) is 5.56 Å². The fourth-order valence-electron chi connectivity index (χ4n) is 3.88. The maximum Gasteiger partial charge on any atom is 0.409 e. The van der Waals surface area contributed by atoms with Crippen LogP contribution in [0.3, 0.4) is 0 Å². The van der Waals surface area contributed by atoms with Crippen LogP contribution in [-0.2, 0) is 16.1 Å². The molecule has 0 heterocycles. The average molecular weight is 501 g/mol. The minimum absolute atomic E-state index is 0.246. The maximum atomic E-state index is 11.4. The lowest BCUT2D eigenvalue weighted by atomic mass is 9.92. The molecule has 0 saturated heterocycles. The number of carboxylic acid groups (broad SMARTS) is 1. The summed E-state index contributed by atoms with van der Waals surface area (Å²) in [4.78, 5) is 27.8. The number of fused-ring (bicyclic) bond motifs is 1. The molecule has 12 heteroatoms. The number of carbonyl (C=O) groups is 2. The van der Waals surface area contributed by atoms with Crippen LogP contribution in [-0.4, -0.2) is 63.1 Å². The Morgan fingerprint density at radius 3 is 2.31 bits per heavy atom. The second kappa shape index (κ2) is 11.8. The van der Waals surface area contributed by atoms with Crippen LogP contribution in [0.2, 0.25) is 0 Å². The Hall–Kier alpha value is -4.45. The molecular formula is C24H27N3O9. The molecule has 0 aromatic heterocycles. The van der Waals surface area contributed by atoms with E-state index in [1.54, 1.807) is 30.3 Å². The molecule has 0 unspecified atom stereocenters. The van der Waals surface area contributed by atoms with Crippen molar-refractivity contribution in [3.63, 3.8) is 0 Å². The number of methoxy groups -OCH3 is 4. The van der Waals surface area contributed by atoms with Gasteiger partial charge in [-0.25, -0.2) is 10.3 Å². The Bertz CT molecular complexity index is 1210. The SMILES string of the molecule is COc1ccc(C2=CC(=NOCC(=O)NO)CCc3c2cc(OC)c(OC)c3OC)cc1NC(=O)O. The highest BCUT2D eigenvalue weighted by Gasteiger charge is 2.26. The fraction of sp³-hybridized carbons (Fsp3) is 0.292. The Morgan fingerprint density at radius 1 is 0.972 bits per heavy atom. The van der Waals surface area contributed by atoms with Gasteiger partial charge in [0.1, 0.15) is 5.75 Å². The van der Waals surface area contributed by atoms with Gasteiger partial charge in [0.25, 0.3) is 5.91 Å². The van der Waals surface area contributed by atoms with Gasteiger partial charge in [-0.2, -0.15) is 0 Å². The zero-order chi connectivity index (χ0) is 26.2. The standard InChI is InChI=1S/C24H27N3O9/c1-32-19-8-5-13(9-18(19)25-24(29)30)16-10-14(27-36-12-21(28)26-31)6-7-15-17(16)11-20(33-2)23(35-4)22(15)34-3/h5,8-11,25,31H,6-7,12H2,1-4H3,(H,26,28)(H,29,30). The number of amides is 2. The van der Waals surface area contributed by atoms with Crippen molar-refractivity contribution >= 4 is 29.0 Å².